The molecule has 1 fully saturated rings. The van der Waals surface area contributed by atoms with Gasteiger partial charge in [0.1, 0.15) is 11.2 Å². The van der Waals surface area contributed by atoms with Gasteiger partial charge in [-0.15, -0.1) is 23.2 Å². The van der Waals surface area contributed by atoms with Crippen LogP contribution < -0.4 is 0 Å². The zero-order valence-corrected chi connectivity index (χ0v) is 16.0. The molecule has 1 saturated heterocycles. The predicted molar refractivity (Wildman–Crippen MR) is 95.4 cm³/mol. The van der Waals surface area contributed by atoms with Crippen LogP contribution in [0.3, 0.4) is 0 Å². The smallest absolute Gasteiger partial charge is 0.407 e. The van der Waals surface area contributed by atoms with E-state index in [9.17, 15) is 23.4 Å². The zero-order valence-electron chi connectivity index (χ0n) is 14.5. The van der Waals surface area contributed by atoms with Crippen LogP contribution in [0.2, 0.25) is 0 Å². The van der Waals surface area contributed by atoms with Crippen LogP contribution >= 0.6 is 23.2 Å². The second-order valence-corrected chi connectivity index (χ2v) is 8.10. The van der Waals surface area contributed by atoms with Crippen molar-refractivity contribution in [2.45, 2.75) is 42.0 Å². The van der Waals surface area contributed by atoms with Gasteiger partial charge < -0.3 is 14.9 Å². The molecule has 2 N–H and O–H groups in total. The summed E-state index contributed by atoms with van der Waals surface area (Å²) in [6.45, 7) is 10.1. The number of aromatic nitrogens is 1. The van der Waals surface area contributed by atoms with Crippen molar-refractivity contribution in [2.24, 2.45) is 0 Å². The molecule has 5 nitrogen and oxygen atoms in total. The Labute approximate surface area is 167 Å². The van der Waals surface area contributed by atoms with E-state index in [1.165, 1.54) is 6.07 Å². The summed E-state index contributed by atoms with van der Waals surface area (Å²) in [5.41, 5.74) is -4.00. The Morgan fingerprint density at radius 3 is 2.04 bits per heavy atom. The molecule has 2 aliphatic rings. The maximum atomic E-state index is 13.3. The summed E-state index contributed by atoms with van der Waals surface area (Å²) in [5.74, 6) is -0.978. The highest BCUT2D eigenvalue weighted by atomic mass is 35.5. The first kappa shape index (κ1) is 19.2. The number of fused-ring (bicyclic) bond motifs is 5. The van der Waals surface area contributed by atoms with Crippen LogP contribution in [0.1, 0.15) is 30.5 Å². The SMILES string of the molecule is [C-]#[N+]c1ccc(-n2c(O)c3c(c2O)C2(C)OC3(C)[C@H](Cl)[C@H]2Cl)cc1C(F)(F)F. The molecule has 28 heavy (non-hydrogen) atoms. The van der Waals surface area contributed by atoms with Crippen molar-refractivity contribution < 1.29 is 28.1 Å². The van der Waals surface area contributed by atoms with Crippen molar-refractivity contribution in [1.82, 2.24) is 4.57 Å². The Morgan fingerprint density at radius 1 is 1.11 bits per heavy atom. The molecule has 2 aliphatic heterocycles. The number of benzene rings is 1. The van der Waals surface area contributed by atoms with Crippen molar-refractivity contribution in [3.8, 4) is 17.4 Å². The Morgan fingerprint density at radius 2 is 1.61 bits per heavy atom. The third kappa shape index (κ3) is 2.12. The van der Waals surface area contributed by atoms with Gasteiger partial charge in [0.15, 0.2) is 5.69 Å². The van der Waals surface area contributed by atoms with Crippen LogP contribution in [-0.2, 0) is 22.1 Å². The first-order valence-corrected chi connectivity index (χ1v) is 9.00. The van der Waals surface area contributed by atoms with Crippen molar-refractivity contribution >= 4 is 28.9 Å². The lowest BCUT2D eigenvalue weighted by atomic mass is 9.79. The fourth-order valence-electron chi connectivity index (χ4n) is 4.21. The normalized spacial score (nSPS) is 31.1. The molecule has 1 aromatic carbocycles. The van der Waals surface area contributed by atoms with E-state index >= 15 is 0 Å². The van der Waals surface area contributed by atoms with Gasteiger partial charge >= 0.3 is 6.18 Å². The van der Waals surface area contributed by atoms with Crippen LogP contribution in [-0.4, -0.2) is 25.5 Å². The number of halogens is 5. The second-order valence-electron chi connectivity index (χ2n) is 7.16. The molecule has 2 unspecified atom stereocenters. The summed E-state index contributed by atoms with van der Waals surface area (Å²) in [7, 11) is 0. The van der Waals surface area contributed by atoms with Gasteiger partial charge in [-0.2, -0.15) is 13.2 Å². The maximum absolute atomic E-state index is 13.3. The van der Waals surface area contributed by atoms with Gasteiger partial charge in [0, 0.05) is 0 Å². The van der Waals surface area contributed by atoms with E-state index in [-0.39, 0.29) is 16.8 Å². The molecule has 0 amide bonds. The largest absolute Gasteiger partial charge is 0.494 e. The summed E-state index contributed by atoms with van der Waals surface area (Å²) < 4.78 is 46.8. The maximum Gasteiger partial charge on any atom is 0.407 e. The average molecular weight is 433 g/mol. The molecule has 0 spiro atoms. The van der Waals surface area contributed by atoms with Crippen LogP contribution in [0.15, 0.2) is 18.2 Å². The molecule has 1 aromatic heterocycles. The number of hydrogen-bond acceptors (Lipinski definition) is 3. The van der Waals surface area contributed by atoms with E-state index < -0.39 is 51.1 Å². The van der Waals surface area contributed by atoms with Crippen LogP contribution in [0.4, 0.5) is 18.9 Å². The Kier molecular flexibility index (Phi) is 3.78. The number of ether oxygens (including phenoxy) is 1. The topological polar surface area (TPSA) is 59.0 Å². The van der Waals surface area contributed by atoms with Gasteiger partial charge in [-0.25, -0.2) is 4.85 Å². The van der Waals surface area contributed by atoms with E-state index in [4.69, 9.17) is 34.5 Å². The fourth-order valence-corrected chi connectivity index (χ4v) is 5.00. The van der Waals surface area contributed by atoms with E-state index in [0.29, 0.717) is 6.07 Å². The second kappa shape index (κ2) is 5.50. The van der Waals surface area contributed by atoms with Gasteiger partial charge in [0.2, 0.25) is 11.8 Å². The number of hydrogen-bond donors (Lipinski definition) is 2. The summed E-state index contributed by atoms with van der Waals surface area (Å²) in [6, 6.07) is 2.89. The number of alkyl halides is 5. The number of nitrogens with zero attached hydrogens (tertiary/aromatic N) is 2. The summed E-state index contributed by atoms with van der Waals surface area (Å²) in [5, 5.41) is 20.1. The Hall–Kier alpha value is -2.08. The molecular formula is C18H13Cl2F3N2O3. The van der Waals surface area contributed by atoms with Crippen LogP contribution in [0, 0.1) is 6.57 Å². The van der Waals surface area contributed by atoms with Crippen molar-refractivity contribution in [3.63, 3.8) is 0 Å². The highest BCUT2D eigenvalue weighted by molar-refractivity contribution is 6.32. The van der Waals surface area contributed by atoms with Crippen LogP contribution in [0.25, 0.3) is 10.5 Å². The molecule has 4 rings (SSSR count). The van der Waals surface area contributed by atoms with Crippen molar-refractivity contribution in [1.29, 1.82) is 0 Å². The lowest BCUT2D eigenvalue weighted by Crippen LogP contribution is -2.38. The van der Waals surface area contributed by atoms with Crippen molar-refractivity contribution in [2.75, 3.05) is 0 Å². The molecule has 0 radical (unpaired) electrons. The van der Waals surface area contributed by atoms with E-state index in [0.717, 1.165) is 10.6 Å². The van der Waals surface area contributed by atoms with Crippen LogP contribution in [0.5, 0.6) is 11.8 Å². The average Bonchev–Trinajstić information content (AvgIpc) is 3.10. The minimum absolute atomic E-state index is 0.159. The first-order chi connectivity index (χ1) is 12.9. The molecule has 2 bridgehead atoms. The minimum Gasteiger partial charge on any atom is -0.494 e. The molecule has 2 aromatic rings. The molecule has 0 aliphatic carbocycles. The quantitative estimate of drug-likeness (QED) is 0.484. The number of aromatic hydroxyl groups is 2. The monoisotopic (exact) mass is 432 g/mol. The summed E-state index contributed by atoms with van der Waals surface area (Å²) in [4.78, 5) is 2.88. The van der Waals surface area contributed by atoms with Gasteiger partial charge in [-0.1, -0.05) is 6.07 Å². The molecule has 148 valence electrons. The lowest BCUT2D eigenvalue weighted by Gasteiger charge is -2.28. The van der Waals surface area contributed by atoms with E-state index in [2.05, 4.69) is 4.85 Å². The summed E-state index contributed by atoms with van der Waals surface area (Å²) in [6.07, 6.45) is -4.78. The first-order valence-electron chi connectivity index (χ1n) is 8.13. The highest BCUT2D eigenvalue weighted by Crippen LogP contribution is 2.66. The van der Waals surface area contributed by atoms with Gasteiger partial charge in [0.05, 0.1) is 39.7 Å². The standard InChI is InChI=1S/C18H13Cl2F3N2O3/c1-16-10-11(17(2,28-16)13(20)12(16)19)15(27)25(14(10)26)7-4-5-9(24-3)8(6-7)18(21,22)23/h4-6,12-13,26-27H,1-2H3/t12-,13-,16?,17?/m1/s1. The van der Waals surface area contributed by atoms with Gasteiger partial charge in [-0.05, 0) is 26.0 Å². The lowest BCUT2D eigenvalue weighted by molar-refractivity contribution is -0.136. The van der Waals surface area contributed by atoms with Crippen molar-refractivity contribution in [3.05, 3.63) is 46.3 Å². The third-order valence-electron chi connectivity index (χ3n) is 5.51. The van der Waals surface area contributed by atoms with Gasteiger partial charge in [0.25, 0.3) is 0 Å². The summed E-state index contributed by atoms with van der Waals surface area (Å²) >= 11 is 12.8. The Balaban J connectivity index is 1.99. The van der Waals surface area contributed by atoms with E-state index in [1.54, 1.807) is 13.8 Å². The predicted octanol–water partition coefficient (Wildman–Crippen LogP) is 5.15. The van der Waals surface area contributed by atoms with Gasteiger partial charge in [-0.3, -0.25) is 4.57 Å². The third-order valence-corrected chi connectivity index (χ3v) is 6.98. The fraction of sp³-hybridized carbons (Fsp3) is 0.389. The number of rotatable bonds is 1. The molecule has 10 heteroatoms. The van der Waals surface area contributed by atoms with E-state index in [1.807, 2.05) is 0 Å². The molecule has 3 heterocycles. The zero-order chi connectivity index (χ0) is 20.8. The highest BCUT2D eigenvalue weighted by Gasteiger charge is 2.69. The minimum atomic E-state index is -4.78. The Bertz CT molecular complexity index is 1020. The molecule has 4 atom stereocenters. The molecular weight excluding hydrogens is 420 g/mol. The molecule has 0 saturated carbocycles.